The molecule has 9 heteroatoms. The first kappa shape index (κ1) is 19.3. The summed E-state index contributed by atoms with van der Waals surface area (Å²) in [6, 6.07) is 4.43. The van der Waals surface area contributed by atoms with Crippen LogP contribution in [0.15, 0.2) is 23.0 Å². The maximum atomic E-state index is 13.8. The lowest BCUT2D eigenvalue weighted by Crippen LogP contribution is -2.52. The standard InChI is InChI=1S/C18H22FN3O4S/c1-18(2,3)26-17(25)21-9-7-20(8-10-21)14(23)11-22-16(24)15-12(19)5-4-6-13(15)27-22/h4-6H,7-11H2,1-3H3. The van der Waals surface area contributed by atoms with E-state index < -0.39 is 23.1 Å². The van der Waals surface area contributed by atoms with Crippen molar-refractivity contribution < 1.29 is 18.7 Å². The zero-order chi connectivity index (χ0) is 19.8. The van der Waals surface area contributed by atoms with E-state index in [0.29, 0.717) is 30.9 Å². The summed E-state index contributed by atoms with van der Waals surface area (Å²) in [6.45, 7) is 6.75. The van der Waals surface area contributed by atoms with E-state index in [-0.39, 0.29) is 17.8 Å². The molecule has 0 radical (unpaired) electrons. The molecule has 2 aromatic rings. The zero-order valence-corrected chi connectivity index (χ0v) is 16.3. The third-order valence-electron chi connectivity index (χ3n) is 4.19. The van der Waals surface area contributed by atoms with E-state index in [1.807, 2.05) is 0 Å². The summed E-state index contributed by atoms with van der Waals surface area (Å²) in [5, 5.41) is 0.0186. The number of hydrogen-bond acceptors (Lipinski definition) is 5. The number of hydrogen-bond donors (Lipinski definition) is 0. The summed E-state index contributed by atoms with van der Waals surface area (Å²) < 4.78 is 21.0. The molecule has 3 rings (SSSR count). The van der Waals surface area contributed by atoms with Crippen LogP contribution in [0.4, 0.5) is 9.18 Å². The number of carbonyl (C=O) groups is 2. The smallest absolute Gasteiger partial charge is 0.410 e. The van der Waals surface area contributed by atoms with Crippen molar-refractivity contribution >= 4 is 33.6 Å². The molecule has 1 aliphatic heterocycles. The van der Waals surface area contributed by atoms with Gasteiger partial charge >= 0.3 is 6.09 Å². The van der Waals surface area contributed by atoms with Gasteiger partial charge in [0.25, 0.3) is 5.56 Å². The largest absolute Gasteiger partial charge is 0.444 e. The van der Waals surface area contributed by atoms with Crippen molar-refractivity contribution in [3.8, 4) is 0 Å². The lowest BCUT2D eigenvalue weighted by Gasteiger charge is -2.35. The number of amides is 2. The van der Waals surface area contributed by atoms with Gasteiger partial charge in [-0.3, -0.25) is 13.5 Å². The summed E-state index contributed by atoms with van der Waals surface area (Å²) in [7, 11) is 0. The van der Waals surface area contributed by atoms with Crippen LogP contribution in [-0.2, 0) is 16.1 Å². The van der Waals surface area contributed by atoms with Crippen LogP contribution in [0.5, 0.6) is 0 Å². The van der Waals surface area contributed by atoms with Gasteiger partial charge in [0.15, 0.2) is 0 Å². The van der Waals surface area contributed by atoms with E-state index in [9.17, 15) is 18.8 Å². The highest BCUT2D eigenvalue weighted by molar-refractivity contribution is 7.13. The Bertz CT molecular complexity index is 923. The van der Waals surface area contributed by atoms with Crippen LogP contribution >= 0.6 is 11.5 Å². The summed E-state index contributed by atoms with van der Waals surface area (Å²) >= 11 is 1.07. The molecular formula is C18H22FN3O4S. The van der Waals surface area contributed by atoms with E-state index in [1.54, 1.807) is 36.6 Å². The van der Waals surface area contributed by atoms with Crippen molar-refractivity contribution in [3.63, 3.8) is 0 Å². The van der Waals surface area contributed by atoms with Crippen molar-refractivity contribution in [1.29, 1.82) is 0 Å². The number of ether oxygens (including phenoxy) is 1. The third-order valence-corrected chi connectivity index (χ3v) is 5.24. The van der Waals surface area contributed by atoms with Crippen LogP contribution in [0.25, 0.3) is 10.1 Å². The van der Waals surface area contributed by atoms with E-state index >= 15 is 0 Å². The van der Waals surface area contributed by atoms with Crippen LogP contribution in [0.3, 0.4) is 0 Å². The molecule has 0 bridgehead atoms. The maximum Gasteiger partial charge on any atom is 0.410 e. The Morgan fingerprint density at radius 3 is 2.37 bits per heavy atom. The number of rotatable bonds is 2. The molecule has 0 saturated carbocycles. The minimum atomic E-state index is -0.578. The van der Waals surface area contributed by atoms with E-state index in [2.05, 4.69) is 0 Å². The van der Waals surface area contributed by atoms with Crippen molar-refractivity contribution in [2.75, 3.05) is 26.2 Å². The van der Waals surface area contributed by atoms with Gasteiger partial charge in [-0.15, -0.1) is 0 Å². The molecule has 1 aromatic heterocycles. The maximum absolute atomic E-state index is 13.8. The monoisotopic (exact) mass is 395 g/mol. The number of carbonyl (C=O) groups excluding carboxylic acids is 2. The predicted octanol–water partition coefficient (Wildman–Crippen LogP) is 2.28. The predicted molar refractivity (Wildman–Crippen MR) is 100 cm³/mol. The van der Waals surface area contributed by atoms with Gasteiger partial charge in [0.1, 0.15) is 18.0 Å². The molecule has 1 aliphatic rings. The topological polar surface area (TPSA) is 71.8 Å². The highest BCUT2D eigenvalue weighted by atomic mass is 32.1. The van der Waals surface area contributed by atoms with Crippen LogP contribution in [0.1, 0.15) is 20.8 Å². The van der Waals surface area contributed by atoms with Gasteiger partial charge in [-0.2, -0.15) is 0 Å². The van der Waals surface area contributed by atoms with Gasteiger partial charge in [0, 0.05) is 26.2 Å². The number of aromatic nitrogens is 1. The quantitative estimate of drug-likeness (QED) is 0.782. The minimum absolute atomic E-state index is 0.0186. The van der Waals surface area contributed by atoms with Crippen LogP contribution < -0.4 is 5.56 Å². The van der Waals surface area contributed by atoms with Crippen molar-refractivity contribution in [1.82, 2.24) is 13.8 Å². The molecular weight excluding hydrogens is 373 g/mol. The average molecular weight is 395 g/mol. The first-order chi connectivity index (χ1) is 12.7. The second-order valence-electron chi connectivity index (χ2n) is 7.39. The molecule has 0 spiro atoms. The molecule has 2 amide bonds. The summed E-state index contributed by atoms with van der Waals surface area (Å²) in [5.74, 6) is -0.807. The van der Waals surface area contributed by atoms with E-state index in [0.717, 1.165) is 11.5 Å². The third kappa shape index (κ3) is 4.29. The van der Waals surface area contributed by atoms with Crippen LogP contribution in [0, 0.1) is 5.82 Å². The molecule has 1 saturated heterocycles. The highest BCUT2D eigenvalue weighted by Crippen LogP contribution is 2.19. The number of nitrogens with zero attached hydrogens (tertiary/aromatic N) is 3. The van der Waals surface area contributed by atoms with Gasteiger partial charge < -0.3 is 14.5 Å². The number of fused-ring (bicyclic) bond motifs is 1. The van der Waals surface area contributed by atoms with Crippen LogP contribution in [0.2, 0.25) is 0 Å². The Morgan fingerprint density at radius 2 is 1.78 bits per heavy atom. The van der Waals surface area contributed by atoms with Gasteiger partial charge in [0.05, 0.1) is 10.1 Å². The Hall–Kier alpha value is -2.42. The fourth-order valence-electron chi connectivity index (χ4n) is 2.86. The van der Waals surface area contributed by atoms with Gasteiger partial charge in [-0.05, 0) is 32.9 Å². The summed E-state index contributed by atoms with van der Waals surface area (Å²) in [5.41, 5.74) is -1.06. The zero-order valence-electron chi connectivity index (χ0n) is 15.5. The Morgan fingerprint density at radius 1 is 1.15 bits per heavy atom. The Balaban J connectivity index is 1.62. The SMILES string of the molecule is CC(C)(C)OC(=O)N1CCN(C(=O)Cn2sc3cccc(F)c3c2=O)CC1. The molecule has 0 N–H and O–H groups in total. The fraction of sp³-hybridized carbons (Fsp3) is 0.500. The van der Waals surface area contributed by atoms with Crippen molar-refractivity contribution in [2.45, 2.75) is 32.9 Å². The number of benzene rings is 1. The molecule has 0 unspecified atom stereocenters. The van der Waals surface area contributed by atoms with Gasteiger partial charge in [-0.1, -0.05) is 17.6 Å². The number of halogens is 1. The second kappa shape index (κ2) is 7.30. The lowest BCUT2D eigenvalue weighted by atomic mass is 10.2. The van der Waals surface area contributed by atoms with Gasteiger partial charge in [-0.25, -0.2) is 9.18 Å². The van der Waals surface area contributed by atoms with Crippen molar-refractivity contribution in [2.24, 2.45) is 0 Å². The average Bonchev–Trinajstić information content (AvgIpc) is 2.90. The molecule has 1 aromatic carbocycles. The van der Waals surface area contributed by atoms with Gasteiger partial charge in [0.2, 0.25) is 5.91 Å². The van der Waals surface area contributed by atoms with Crippen LogP contribution in [-0.4, -0.2) is 57.5 Å². The molecule has 2 heterocycles. The molecule has 0 atom stereocenters. The number of piperazine rings is 1. The molecule has 7 nitrogen and oxygen atoms in total. The summed E-state index contributed by atoms with van der Waals surface area (Å²) in [4.78, 5) is 40.1. The molecule has 0 aliphatic carbocycles. The molecule has 1 fully saturated rings. The first-order valence-corrected chi connectivity index (χ1v) is 9.47. The lowest BCUT2D eigenvalue weighted by molar-refractivity contribution is -0.133. The van der Waals surface area contributed by atoms with E-state index in [4.69, 9.17) is 4.74 Å². The molecule has 146 valence electrons. The Labute approximate surface area is 160 Å². The molecule has 27 heavy (non-hydrogen) atoms. The van der Waals surface area contributed by atoms with E-state index in [1.165, 1.54) is 16.1 Å². The first-order valence-electron chi connectivity index (χ1n) is 8.70. The Kier molecular flexibility index (Phi) is 5.23. The fourth-order valence-corrected chi connectivity index (χ4v) is 3.87. The minimum Gasteiger partial charge on any atom is -0.444 e. The summed E-state index contributed by atoms with van der Waals surface area (Å²) in [6.07, 6.45) is -0.397. The van der Waals surface area contributed by atoms with Crippen molar-refractivity contribution in [3.05, 3.63) is 34.4 Å². The normalized spacial score (nSPS) is 15.3. The second-order valence-corrected chi connectivity index (χ2v) is 8.46. The highest BCUT2D eigenvalue weighted by Gasteiger charge is 2.28.